The highest BCUT2D eigenvalue weighted by Crippen LogP contribution is 1.95. The maximum Gasteiger partial charge on any atom is 0.246 e. The summed E-state index contributed by atoms with van der Waals surface area (Å²) in [6.07, 6.45) is 0. The second-order valence-electron chi connectivity index (χ2n) is 2.33. The van der Waals surface area contributed by atoms with Gasteiger partial charge in [-0.05, 0) is 0 Å². The van der Waals surface area contributed by atoms with E-state index in [-0.39, 0.29) is 11.7 Å². The van der Waals surface area contributed by atoms with Crippen molar-refractivity contribution in [2.45, 2.75) is 0 Å². The molecule has 0 spiro atoms. The van der Waals surface area contributed by atoms with Crippen LogP contribution in [0.5, 0.6) is 0 Å². The van der Waals surface area contributed by atoms with Crippen LogP contribution in [0, 0.1) is 0 Å². The number of carbonyl (C=O) groups excluding carboxylic acids is 1. The van der Waals surface area contributed by atoms with Crippen molar-refractivity contribution in [2.24, 2.45) is 10.7 Å². The lowest BCUT2D eigenvalue weighted by molar-refractivity contribution is -0.118. The fourth-order valence-electron chi connectivity index (χ4n) is 0.799. The third-order valence-corrected chi connectivity index (χ3v) is 1.24. The Hall–Kier alpha value is -1.52. The molecule has 1 aliphatic heterocycles. The lowest BCUT2D eigenvalue weighted by Crippen LogP contribution is -2.27. The Labute approximate surface area is 64.6 Å². The Kier molecular flexibility index (Phi) is 1.80. The molecule has 0 bridgehead atoms. The minimum Gasteiger partial charge on any atom is -0.384 e. The molecule has 0 aromatic carbocycles. The summed E-state index contributed by atoms with van der Waals surface area (Å²) in [5.74, 6) is 0.573. The number of amides is 1. The number of hydrogen-bond donors (Lipinski definition) is 2. The zero-order valence-electron chi connectivity index (χ0n) is 6.29. The molecular weight excluding hydrogens is 144 g/mol. The van der Waals surface area contributed by atoms with Gasteiger partial charge in [0, 0.05) is 7.05 Å². The highest BCUT2D eigenvalue weighted by molar-refractivity contribution is 6.04. The van der Waals surface area contributed by atoms with E-state index in [4.69, 9.17) is 5.73 Å². The van der Waals surface area contributed by atoms with Gasteiger partial charge in [0.05, 0.1) is 6.54 Å². The maximum atomic E-state index is 10.7. The molecule has 0 unspecified atom stereocenters. The molecule has 5 nitrogen and oxygen atoms in total. The molecule has 0 radical (unpaired) electrons. The quantitative estimate of drug-likeness (QED) is 0.500. The first-order valence-corrected chi connectivity index (χ1v) is 3.13. The zero-order valence-corrected chi connectivity index (χ0v) is 6.29. The Morgan fingerprint density at radius 2 is 2.55 bits per heavy atom. The number of nitrogens with one attached hydrogen (secondary N) is 1. The molecule has 11 heavy (non-hydrogen) atoms. The Morgan fingerprint density at radius 1 is 1.91 bits per heavy atom. The molecule has 5 heteroatoms. The summed E-state index contributed by atoms with van der Waals surface area (Å²) >= 11 is 0. The van der Waals surface area contributed by atoms with Crippen LogP contribution >= 0.6 is 0 Å². The first-order chi connectivity index (χ1) is 5.09. The summed E-state index contributed by atoms with van der Waals surface area (Å²) in [7, 11) is 1.75. The Morgan fingerprint density at radius 3 is 2.91 bits per heavy atom. The highest BCUT2D eigenvalue weighted by atomic mass is 16.2. The van der Waals surface area contributed by atoms with Gasteiger partial charge in [-0.3, -0.25) is 10.1 Å². The van der Waals surface area contributed by atoms with E-state index in [0.29, 0.717) is 12.5 Å². The molecule has 1 rings (SSSR count). The van der Waals surface area contributed by atoms with Gasteiger partial charge in [-0.1, -0.05) is 6.58 Å². The molecule has 1 saturated heterocycles. The molecule has 1 amide bonds. The van der Waals surface area contributed by atoms with Crippen molar-refractivity contribution in [3.8, 4) is 0 Å². The van der Waals surface area contributed by atoms with Crippen LogP contribution in [0.1, 0.15) is 0 Å². The van der Waals surface area contributed by atoms with E-state index in [2.05, 4.69) is 16.9 Å². The number of rotatable bonds is 1. The standard InChI is InChI=1S/C6H10N4O/c1-4(7)8-6-9-5(11)3-10(6)2/h1,3,7H2,2H3,(H,8,9,11). The van der Waals surface area contributed by atoms with E-state index in [1.165, 1.54) is 0 Å². The third kappa shape index (κ3) is 1.70. The number of likely N-dealkylation sites (N-methyl/N-ethyl adjacent to an activating group) is 1. The zero-order chi connectivity index (χ0) is 8.43. The van der Waals surface area contributed by atoms with Crippen molar-refractivity contribution in [3.63, 3.8) is 0 Å². The molecule has 0 aliphatic carbocycles. The van der Waals surface area contributed by atoms with E-state index >= 15 is 0 Å². The number of guanidine groups is 1. The minimum absolute atomic E-state index is 0.0764. The first kappa shape index (κ1) is 7.59. The number of nitrogens with two attached hydrogens (primary N) is 1. The number of hydrogen-bond acceptors (Lipinski definition) is 3. The second kappa shape index (κ2) is 2.61. The fraction of sp³-hybridized carbons (Fsp3) is 0.333. The van der Waals surface area contributed by atoms with Crippen LogP contribution in [0.3, 0.4) is 0 Å². The van der Waals surface area contributed by atoms with Crippen molar-refractivity contribution < 1.29 is 4.79 Å². The summed E-state index contributed by atoms with van der Waals surface area (Å²) in [5.41, 5.74) is 5.22. The topological polar surface area (TPSA) is 70.7 Å². The van der Waals surface area contributed by atoms with Gasteiger partial charge in [0.15, 0.2) is 0 Å². The van der Waals surface area contributed by atoms with Gasteiger partial charge in [-0.2, -0.15) is 4.99 Å². The monoisotopic (exact) mass is 154 g/mol. The molecule has 3 N–H and O–H groups in total. The van der Waals surface area contributed by atoms with Crippen molar-refractivity contribution in [1.29, 1.82) is 0 Å². The Bertz CT molecular complexity index is 233. The molecule has 0 saturated carbocycles. The van der Waals surface area contributed by atoms with Gasteiger partial charge in [-0.25, -0.2) is 0 Å². The Balaban J connectivity index is 2.74. The van der Waals surface area contributed by atoms with E-state index in [1.807, 2.05) is 0 Å². The molecule has 1 heterocycles. The third-order valence-electron chi connectivity index (χ3n) is 1.24. The maximum absolute atomic E-state index is 10.7. The van der Waals surface area contributed by atoms with Crippen LogP contribution < -0.4 is 11.1 Å². The molecular formula is C6H10N4O. The highest BCUT2D eigenvalue weighted by Gasteiger charge is 2.20. The van der Waals surface area contributed by atoms with Crippen molar-refractivity contribution in [2.75, 3.05) is 13.6 Å². The van der Waals surface area contributed by atoms with Crippen molar-refractivity contribution in [3.05, 3.63) is 12.4 Å². The SMILES string of the molecule is C=C(N)N=C1NC(=O)CN1C. The van der Waals surface area contributed by atoms with Crippen LogP contribution in [-0.4, -0.2) is 30.4 Å². The lowest BCUT2D eigenvalue weighted by atomic mass is 10.6. The summed E-state index contributed by atoms with van der Waals surface area (Å²) in [5, 5.41) is 2.53. The summed E-state index contributed by atoms with van der Waals surface area (Å²) in [6.45, 7) is 3.72. The van der Waals surface area contributed by atoms with Crippen LogP contribution in [-0.2, 0) is 4.79 Å². The molecule has 1 aliphatic rings. The number of aliphatic imine (C=N–C) groups is 1. The molecule has 0 atom stereocenters. The second-order valence-corrected chi connectivity index (χ2v) is 2.33. The molecule has 60 valence electrons. The van der Waals surface area contributed by atoms with Gasteiger partial charge in [0.2, 0.25) is 11.9 Å². The van der Waals surface area contributed by atoms with Gasteiger partial charge in [0.25, 0.3) is 0 Å². The van der Waals surface area contributed by atoms with Crippen LogP contribution in [0.25, 0.3) is 0 Å². The molecule has 1 fully saturated rings. The largest absolute Gasteiger partial charge is 0.384 e. The van der Waals surface area contributed by atoms with Crippen LogP contribution in [0.4, 0.5) is 0 Å². The summed E-state index contributed by atoms with van der Waals surface area (Å²) in [4.78, 5) is 16.2. The average molecular weight is 154 g/mol. The predicted octanol–water partition coefficient (Wildman–Crippen LogP) is -1.17. The minimum atomic E-state index is -0.0764. The predicted molar refractivity (Wildman–Crippen MR) is 41.5 cm³/mol. The molecule has 0 aromatic rings. The van der Waals surface area contributed by atoms with Crippen LogP contribution in [0.15, 0.2) is 17.4 Å². The molecule has 0 aromatic heterocycles. The van der Waals surface area contributed by atoms with Gasteiger partial charge >= 0.3 is 0 Å². The van der Waals surface area contributed by atoms with E-state index in [0.717, 1.165) is 0 Å². The van der Waals surface area contributed by atoms with Gasteiger partial charge < -0.3 is 10.6 Å². The van der Waals surface area contributed by atoms with Gasteiger partial charge in [-0.15, -0.1) is 0 Å². The van der Waals surface area contributed by atoms with E-state index in [1.54, 1.807) is 11.9 Å². The van der Waals surface area contributed by atoms with Crippen molar-refractivity contribution >= 4 is 11.9 Å². The van der Waals surface area contributed by atoms with Crippen LogP contribution in [0.2, 0.25) is 0 Å². The fourth-order valence-corrected chi connectivity index (χ4v) is 0.799. The first-order valence-electron chi connectivity index (χ1n) is 3.13. The smallest absolute Gasteiger partial charge is 0.246 e. The average Bonchev–Trinajstić information content (AvgIpc) is 2.09. The van der Waals surface area contributed by atoms with E-state index in [9.17, 15) is 4.79 Å². The van der Waals surface area contributed by atoms with Crippen molar-refractivity contribution in [1.82, 2.24) is 10.2 Å². The number of nitrogens with zero attached hydrogens (tertiary/aromatic N) is 2. The van der Waals surface area contributed by atoms with E-state index < -0.39 is 0 Å². The normalized spacial score (nSPS) is 20.6. The number of carbonyl (C=O) groups is 1. The van der Waals surface area contributed by atoms with Gasteiger partial charge in [0.1, 0.15) is 5.82 Å². The lowest BCUT2D eigenvalue weighted by Gasteiger charge is -2.07. The summed E-state index contributed by atoms with van der Waals surface area (Å²) in [6, 6.07) is 0. The summed E-state index contributed by atoms with van der Waals surface area (Å²) < 4.78 is 0.